The van der Waals surface area contributed by atoms with Gasteiger partial charge in [0.25, 0.3) is 5.91 Å². The molecule has 0 saturated heterocycles. The van der Waals surface area contributed by atoms with Crippen LogP contribution in [0, 0.1) is 20.8 Å². The zero-order valence-electron chi connectivity index (χ0n) is 28.4. The molecule has 0 radical (unpaired) electrons. The summed E-state index contributed by atoms with van der Waals surface area (Å²) in [6, 6.07) is 17.1. The van der Waals surface area contributed by atoms with Gasteiger partial charge < -0.3 is 24.8 Å². The number of anilines is 2. The second-order valence-corrected chi connectivity index (χ2v) is 12.7. The molecular weight excluding hydrogens is 611 g/mol. The number of rotatable bonds is 14. The first kappa shape index (κ1) is 33.9. The first-order valence-corrected chi connectivity index (χ1v) is 17.3. The summed E-state index contributed by atoms with van der Waals surface area (Å²) in [7, 11) is 0. The summed E-state index contributed by atoms with van der Waals surface area (Å²) in [5.41, 5.74) is 7.43. The zero-order valence-corrected chi connectivity index (χ0v) is 29.2. The van der Waals surface area contributed by atoms with Crippen molar-refractivity contribution < 1.29 is 19.0 Å². The van der Waals surface area contributed by atoms with E-state index < -0.39 is 6.04 Å². The highest BCUT2D eigenvalue weighted by atomic mass is 32.2. The van der Waals surface area contributed by atoms with Crippen LogP contribution in [0.5, 0.6) is 17.2 Å². The van der Waals surface area contributed by atoms with Gasteiger partial charge in [-0.1, -0.05) is 55.4 Å². The number of thioether (sulfide) groups is 1. The minimum atomic E-state index is -0.575. The Morgan fingerprint density at radius 3 is 2.40 bits per heavy atom. The molecule has 0 saturated carbocycles. The van der Waals surface area contributed by atoms with E-state index in [1.165, 1.54) is 16.7 Å². The molecule has 1 unspecified atom stereocenters. The van der Waals surface area contributed by atoms with Crippen LogP contribution in [-0.2, 0) is 11.4 Å². The highest BCUT2D eigenvalue weighted by Gasteiger charge is 2.35. The van der Waals surface area contributed by atoms with Crippen LogP contribution in [0.4, 0.5) is 11.6 Å². The van der Waals surface area contributed by atoms with E-state index in [9.17, 15) is 4.79 Å². The largest absolute Gasteiger partial charge is 0.492 e. The van der Waals surface area contributed by atoms with Gasteiger partial charge in [0.15, 0.2) is 11.5 Å². The number of unbranched alkanes of at least 4 members (excludes halogenated alkanes) is 1. The molecule has 10 heteroatoms. The van der Waals surface area contributed by atoms with E-state index in [1.54, 1.807) is 16.4 Å². The summed E-state index contributed by atoms with van der Waals surface area (Å²) in [6.07, 6.45) is 2.16. The lowest BCUT2D eigenvalue weighted by Gasteiger charge is -2.29. The van der Waals surface area contributed by atoms with Gasteiger partial charge in [-0.25, -0.2) is 4.68 Å². The van der Waals surface area contributed by atoms with Crippen molar-refractivity contribution in [2.75, 3.05) is 29.6 Å². The van der Waals surface area contributed by atoms with Crippen LogP contribution < -0.4 is 24.8 Å². The standard InChI is InChI=1S/C37H45N5O4S/c1-8-11-18-47-37-40-36-38-26(7)33(35(43)39-29-14-12-13-15-30(29)44-9-2)34(42(36)41-37)27-16-17-31(32(21-27)45-10-3)46-22-28-20-24(5)23(4)19-25(28)6/h12-17,19-21,34H,8-11,18,22H2,1-7H3,(H,39,43)(H,38,40,41). The predicted molar refractivity (Wildman–Crippen MR) is 189 cm³/mol. The Balaban J connectivity index is 1.53. The molecule has 3 aromatic carbocycles. The molecule has 2 N–H and O–H groups in total. The monoisotopic (exact) mass is 655 g/mol. The molecular formula is C37H45N5O4S. The van der Waals surface area contributed by atoms with Gasteiger partial charge in [0.1, 0.15) is 18.4 Å². The molecule has 4 aromatic rings. The van der Waals surface area contributed by atoms with E-state index in [2.05, 4.69) is 50.5 Å². The van der Waals surface area contributed by atoms with Gasteiger partial charge in [0, 0.05) is 11.4 Å². The maximum atomic E-state index is 14.2. The molecule has 0 bridgehead atoms. The minimum Gasteiger partial charge on any atom is -0.492 e. The van der Waals surface area contributed by atoms with E-state index in [4.69, 9.17) is 24.3 Å². The van der Waals surface area contributed by atoms with Crippen molar-refractivity contribution in [1.29, 1.82) is 0 Å². The number of para-hydroxylation sites is 2. The number of carbonyl (C=O) groups excluding carboxylic acids is 1. The molecule has 1 aliphatic rings. The Morgan fingerprint density at radius 2 is 1.64 bits per heavy atom. The summed E-state index contributed by atoms with van der Waals surface area (Å²) in [6.45, 7) is 15.6. The quantitative estimate of drug-likeness (QED) is 0.103. The number of ether oxygens (including phenoxy) is 3. The van der Waals surface area contributed by atoms with Gasteiger partial charge in [0.2, 0.25) is 11.1 Å². The van der Waals surface area contributed by atoms with Gasteiger partial charge in [0.05, 0.1) is 24.5 Å². The Kier molecular flexibility index (Phi) is 11.1. The number of fused-ring (bicyclic) bond motifs is 1. The molecule has 9 nitrogen and oxygen atoms in total. The summed E-state index contributed by atoms with van der Waals surface area (Å²) < 4.78 is 20.1. The maximum absolute atomic E-state index is 14.2. The third kappa shape index (κ3) is 7.76. The number of benzene rings is 3. The second-order valence-electron chi connectivity index (χ2n) is 11.6. The Morgan fingerprint density at radius 1 is 0.894 bits per heavy atom. The molecule has 1 aliphatic heterocycles. The normalized spacial score (nSPS) is 14.0. The molecule has 47 heavy (non-hydrogen) atoms. The molecule has 0 aliphatic carbocycles. The molecule has 248 valence electrons. The average molecular weight is 656 g/mol. The molecule has 1 atom stereocenters. The van der Waals surface area contributed by atoms with Crippen LogP contribution in [-0.4, -0.2) is 39.6 Å². The van der Waals surface area contributed by atoms with E-state index in [0.29, 0.717) is 65.1 Å². The fraction of sp³-hybridized carbons (Fsp3) is 0.378. The van der Waals surface area contributed by atoms with E-state index >= 15 is 0 Å². The van der Waals surface area contributed by atoms with Crippen LogP contribution in [0.1, 0.15) is 74.4 Å². The van der Waals surface area contributed by atoms with E-state index in [0.717, 1.165) is 29.7 Å². The Bertz CT molecular complexity index is 1770. The van der Waals surface area contributed by atoms with Crippen LogP contribution in [0.3, 0.4) is 0 Å². The van der Waals surface area contributed by atoms with E-state index in [1.807, 2.05) is 63.2 Å². The van der Waals surface area contributed by atoms with Crippen molar-refractivity contribution >= 4 is 29.3 Å². The van der Waals surface area contributed by atoms with Crippen molar-refractivity contribution in [3.8, 4) is 17.2 Å². The van der Waals surface area contributed by atoms with Crippen LogP contribution >= 0.6 is 11.8 Å². The first-order chi connectivity index (χ1) is 22.7. The van der Waals surface area contributed by atoms with Gasteiger partial charge in [-0.3, -0.25) is 4.79 Å². The predicted octanol–water partition coefficient (Wildman–Crippen LogP) is 8.40. The number of aromatic nitrogens is 3. The summed E-state index contributed by atoms with van der Waals surface area (Å²) in [4.78, 5) is 19.0. The molecule has 1 aromatic heterocycles. The van der Waals surface area contributed by atoms with Gasteiger partial charge in [-0.2, -0.15) is 4.98 Å². The number of hydrogen-bond donors (Lipinski definition) is 2. The van der Waals surface area contributed by atoms with Crippen molar-refractivity contribution in [1.82, 2.24) is 14.8 Å². The van der Waals surface area contributed by atoms with Gasteiger partial charge in [-0.05, 0) is 100 Å². The summed E-state index contributed by atoms with van der Waals surface area (Å²) in [5, 5.41) is 12.0. The molecule has 0 fully saturated rings. The molecule has 2 heterocycles. The maximum Gasteiger partial charge on any atom is 0.255 e. The number of nitrogens with zero attached hydrogens (tertiary/aromatic N) is 3. The van der Waals surface area contributed by atoms with Gasteiger partial charge in [-0.15, -0.1) is 5.10 Å². The number of allylic oxidation sites excluding steroid dienone is 1. The first-order valence-electron chi connectivity index (χ1n) is 16.3. The second kappa shape index (κ2) is 15.4. The Labute approximate surface area is 282 Å². The third-order valence-electron chi connectivity index (χ3n) is 8.16. The number of aryl methyl sites for hydroxylation is 3. The fourth-order valence-electron chi connectivity index (χ4n) is 5.56. The van der Waals surface area contributed by atoms with Crippen LogP contribution in [0.2, 0.25) is 0 Å². The van der Waals surface area contributed by atoms with Crippen molar-refractivity contribution in [3.63, 3.8) is 0 Å². The minimum absolute atomic E-state index is 0.267. The highest BCUT2D eigenvalue weighted by molar-refractivity contribution is 7.99. The highest BCUT2D eigenvalue weighted by Crippen LogP contribution is 2.40. The van der Waals surface area contributed by atoms with Crippen LogP contribution in [0.15, 0.2) is 71.0 Å². The SMILES string of the molecule is CCCCSc1nc2n(n1)C(c1ccc(OCc3cc(C)c(C)cc3C)c(OCC)c1)C(C(=O)Nc1ccccc1OCC)=C(C)N2. The van der Waals surface area contributed by atoms with Gasteiger partial charge >= 0.3 is 0 Å². The lowest BCUT2D eigenvalue weighted by molar-refractivity contribution is -0.113. The van der Waals surface area contributed by atoms with E-state index in [-0.39, 0.29) is 5.91 Å². The zero-order chi connectivity index (χ0) is 33.5. The van der Waals surface area contributed by atoms with Crippen molar-refractivity contribution in [2.24, 2.45) is 0 Å². The summed E-state index contributed by atoms with van der Waals surface area (Å²) >= 11 is 1.61. The lowest BCUT2D eigenvalue weighted by Crippen LogP contribution is -2.31. The molecule has 5 rings (SSSR count). The number of hydrogen-bond acceptors (Lipinski definition) is 8. The molecule has 0 spiro atoms. The number of carbonyl (C=O) groups is 1. The third-order valence-corrected chi connectivity index (χ3v) is 9.08. The topological polar surface area (TPSA) is 99.5 Å². The Hall–Kier alpha value is -4.44. The lowest BCUT2D eigenvalue weighted by atomic mass is 9.94. The number of amides is 1. The van der Waals surface area contributed by atoms with Crippen LogP contribution in [0.25, 0.3) is 0 Å². The average Bonchev–Trinajstić information content (AvgIpc) is 3.45. The molecule has 1 amide bonds. The van der Waals surface area contributed by atoms with Crippen molar-refractivity contribution in [2.45, 2.75) is 79.1 Å². The fourth-order valence-corrected chi connectivity index (χ4v) is 6.47. The smallest absolute Gasteiger partial charge is 0.255 e. The summed E-state index contributed by atoms with van der Waals surface area (Å²) in [5.74, 6) is 3.08. The number of nitrogens with one attached hydrogen (secondary N) is 2. The van der Waals surface area contributed by atoms with Crippen molar-refractivity contribution in [3.05, 3.63) is 93.7 Å².